The van der Waals surface area contributed by atoms with Gasteiger partial charge >= 0.3 is 0 Å². The van der Waals surface area contributed by atoms with E-state index in [4.69, 9.17) is 0 Å². The summed E-state index contributed by atoms with van der Waals surface area (Å²) in [7, 11) is 0. The quantitative estimate of drug-likeness (QED) is 0.798. The van der Waals surface area contributed by atoms with Gasteiger partial charge < -0.3 is 10.0 Å². The third-order valence-electron chi connectivity index (χ3n) is 7.68. The van der Waals surface area contributed by atoms with Crippen molar-refractivity contribution >= 4 is 5.91 Å². The van der Waals surface area contributed by atoms with Crippen LogP contribution in [0.15, 0.2) is 42.5 Å². The average molecular weight is 423 g/mol. The number of carbonyl (C=O) groups is 1. The molecule has 5 rings (SSSR count). The number of hydrogen-bond donors (Lipinski definition) is 1. The first-order chi connectivity index (χ1) is 15.0. The summed E-state index contributed by atoms with van der Waals surface area (Å²) >= 11 is 0. The number of rotatable bonds is 3. The smallest absolute Gasteiger partial charge is 0.254 e. The Morgan fingerprint density at radius 3 is 2.77 bits per heavy atom. The highest BCUT2D eigenvalue weighted by Crippen LogP contribution is 2.42. The van der Waals surface area contributed by atoms with Crippen molar-refractivity contribution in [3.63, 3.8) is 0 Å². The largest absolute Gasteiger partial charge is 0.508 e. The molecule has 0 aliphatic carbocycles. The Kier molecular flexibility index (Phi) is 5.47. The van der Waals surface area contributed by atoms with Gasteiger partial charge in [0.05, 0.1) is 0 Å². The predicted octanol–water partition coefficient (Wildman–Crippen LogP) is 4.40. The van der Waals surface area contributed by atoms with Crippen molar-refractivity contribution in [2.24, 2.45) is 11.8 Å². The summed E-state index contributed by atoms with van der Waals surface area (Å²) in [6.45, 7) is 4.55. The zero-order chi connectivity index (χ0) is 21.5. The number of fused-ring (bicyclic) bond motifs is 4. The summed E-state index contributed by atoms with van der Waals surface area (Å²) in [5.74, 6) is 0.991. The molecule has 4 atom stereocenters. The Bertz CT molecular complexity index is 978. The van der Waals surface area contributed by atoms with Crippen molar-refractivity contribution < 1.29 is 14.3 Å². The highest BCUT2D eigenvalue weighted by Gasteiger charge is 2.47. The zero-order valence-electron chi connectivity index (χ0n) is 18.1. The van der Waals surface area contributed by atoms with Gasteiger partial charge in [-0.05, 0) is 92.4 Å². The number of halogens is 1. The van der Waals surface area contributed by atoms with Crippen LogP contribution in [0, 0.1) is 24.6 Å². The number of likely N-dealkylation sites (tertiary alicyclic amines) is 1. The van der Waals surface area contributed by atoms with Gasteiger partial charge in [-0.3, -0.25) is 9.69 Å². The van der Waals surface area contributed by atoms with Crippen LogP contribution >= 0.6 is 0 Å². The first kappa shape index (κ1) is 20.5. The average Bonchev–Trinajstić information content (AvgIpc) is 2.76. The van der Waals surface area contributed by atoms with Crippen LogP contribution in [0.5, 0.6) is 5.75 Å². The van der Waals surface area contributed by atoms with Gasteiger partial charge in [0, 0.05) is 30.7 Å². The number of phenols is 1. The highest BCUT2D eigenvalue weighted by molar-refractivity contribution is 5.96. The molecule has 2 bridgehead atoms. The first-order valence-electron chi connectivity index (χ1n) is 11.6. The fourth-order valence-corrected chi connectivity index (χ4v) is 6.32. The Balaban J connectivity index is 1.42. The second kappa shape index (κ2) is 8.27. The summed E-state index contributed by atoms with van der Waals surface area (Å²) in [5, 5.41) is 9.73. The minimum Gasteiger partial charge on any atom is -0.508 e. The molecule has 3 saturated heterocycles. The lowest BCUT2D eigenvalue weighted by atomic mass is 9.71. The highest BCUT2D eigenvalue weighted by atomic mass is 19.1. The van der Waals surface area contributed by atoms with Crippen molar-refractivity contribution in [3.8, 4) is 5.75 Å². The van der Waals surface area contributed by atoms with Crippen LogP contribution in [0.2, 0.25) is 0 Å². The molecule has 3 aliphatic rings. The standard InChI is InChI=1S/C26H31FN2O2/c1-17-11-22(30)8-9-23(17)26(31)28-15-19-14-20(16-28)25(29-10-3-2-7-24(19)29)13-18-5-4-6-21(27)12-18/h4-6,8-9,11-12,19-20,24-25,30H,2-3,7,10,13-16H2,1H3/t19-,20+,24+,25+/m1/s1. The number of aromatic hydroxyl groups is 1. The maximum Gasteiger partial charge on any atom is 0.254 e. The lowest BCUT2D eigenvalue weighted by molar-refractivity contribution is -0.0642. The third-order valence-corrected chi connectivity index (χ3v) is 7.68. The van der Waals surface area contributed by atoms with E-state index >= 15 is 0 Å². The Hall–Kier alpha value is -2.40. The molecule has 1 amide bonds. The van der Waals surface area contributed by atoms with Crippen LogP contribution in [-0.2, 0) is 6.42 Å². The van der Waals surface area contributed by atoms with Gasteiger partial charge in [-0.25, -0.2) is 4.39 Å². The van der Waals surface area contributed by atoms with Crippen molar-refractivity contribution in [1.29, 1.82) is 0 Å². The van der Waals surface area contributed by atoms with Gasteiger partial charge in [0.15, 0.2) is 0 Å². The number of benzene rings is 2. The lowest BCUT2D eigenvalue weighted by Gasteiger charge is -2.57. The predicted molar refractivity (Wildman–Crippen MR) is 119 cm³/mol. The number of carbonyl (C=O) groups excluding carboxylic acids is 1. The van der Waals surface area contributed by atoms with E-state index in [2.05, 4.69) is 4.90 Å². The SMILES string of the molecule is Cc1cc(O)ccc1C(=O)N1C[C@H]2C[C@@H](C1)[C@H](Cc1cccc(F)c1)N1CCCC[C@@H]21. The van der Waals surface area contributed by atoms with Crippen molar-refractivity contribution in [1.82, 2.24) is 9.80 Å². The van der Waals surface area contributed by atoms with Crippen LogP contribution in [0.3, 0.4) is 0 Å². The summed E-state index contributed by atoms with van der Waals surface area (Å²) in [6, 6.07) is 12.9. The van der Waals surface area contributed by atoms with E-state index in [9.17, 15) is 14.3 Å². The van der Waals surface area contributed by atoms with E-state index in [1.165, 1.54) is 25.3 Å². The van der Waals surface area contributed by atoms with Crippen molar-refractivity contribution in [3.05, 3.63) is 65.0 Å². The fraction of sp³-hybridized carbons (Fsp3) is 0.500. The first-order valence-corrected chi connectivity index (χ1v) is 11.6. The summed E-state index contributed by atoms with van der Waals surface area (Å²) < 4.78 is 13.8. The van der Waals surface area contributed by atoms with E-state index in [0.29, 0.717) is 29.5 Å². The molecule has 1 N–H and O–H groups in total. The van der Waals surface area contributed by atoms with E-state index in [1.54, 1.807) is 30.3 Å². The molecular formula is C26H31FN2O2. The molecule has 0 spiro atoms. The molecule has 4 nitrogen and oxygen atoms in total. The number of nitrogens with zero attached hydrogens (tertiary/aromatic N) is 2. The topological polar surface area (TPSA) is 43.8 Å². The molecule has 3 aliphatic heterocycles. The summed E-state index contributed by atoms with van der Waals surface area (Å²) in [4.78, 5) is 18.2. The van der Waals surface area contributed by atoms with Gasteiger partial charge in [0.1, 0.15) is 11.6 Å². The summed E-state index contributed by atoms with van der Waals surface area (Å²) in [6.07, 6.45) is 5.66. The van der Waals surface area contributed by atoms with Crippen LogP contribution in [0.25, 0.3) is 0 Å². The number of piperidine rings is 3. The Morgan fingerprint density at radius 1 is 1.13 bits per heavy atom. The summed E-state index contributed by atoms with van der Waals surface area (Å²) in [5.41, 5.74) is 2.54. The molecule has 0 radical (unpaired) electrons. The van der Waals surface area contributed by atoms with E-state index in [1.807, 2.05) is 17.9 Å². The maximum absolute atomic E-state index is 13.8. The van der Waals surface area contributed by atoms with Crippen LogP contribution in [-0.4, -0.2) is 52.5 Å². The van der Waals surface area contributed by atoms with Crippen LogP contribution in [0.4, 0.5) is 4.39 Å². The van der Waals surface area contributed by atoms with Crippen molar-refractivity contribution in [2.75, 3.05) is 19.6 Å². The number of amides is 1. The number of phenolic OH excluding ortho intramolecular Hbond substituents is 1. The molecule has 5 heteroatoms. The number of hydrogen-bond acceptors (Lipinski definition) is 3. The molecule has 0 saturated carbocycles. The van der Waals surface area contributed by atoms with Gasteiger partial charge in [-0.1, -0.05) is 18.6 Å². The van der Waals surface area contributed by atoms with Crippen LogP contribution in [0.1, 0.15) is 47.2 Å². The molecule has 0 aromatic heterocycles. The van der Waals surface area contributed by atoms with Crippen LogP contribution < -0.4 is 0 Å². The van der Waals surface area contributed by atoms with Gasteiger partial charge in [-0.15, -0.1) is 0 Å². The molecular weight excluding hydrogens is 391 g/mol. The fourth-order valence-electron chi connectivity index (χ4n) is 6.32. The second-order valence-electron chi connectivity index (χ2n) is 9.67. The lowest BCUT2D eigenvalue weighted by Crippen LogP contribution is -2.64. The van der Waals surface area contributed by atoms with E-state index in [0.717, 1.165) is 43.6 Å². The Morgan fingerprint density at radius 2 is 1.97 bits per heavy atom. The van der Waals surface area contributed by atoms with E-state index < -0.39 is 0 Å². The normalized spacial score (nSPS) is 28.3. The molecule has 3 heterocycles. The van der Waals surface area contributed by atoms with Gasteiger partial charge in [-0.2, -0.15) is 0 Å². The van der Waals surface area contributed by atoms with Gasteiger partial charge in [0.25, 0.3) is 5.91 Å². The Labute approximate surface area is 183 Å². The minimum absolute atomic E-state index is 0.0703. The second-order valence-corrected chi connectivity index (χ2v) is 9.67. The number of aryl methyl sites for hydroxylation is 1. The molecule has 31 heavy (non-hydrogen) atoms. The molecule has 2 aromatic carbocycles. The molecule has 0 unspecified atom stereocenters. The van der Waals surface area contributed by atoms with Crippen molar-refractivity contribution in [2.45, 2.75) is 51.1 Å². The monoisotopic (exact) mass is 422 g/mol. The molecule has 3 fully saturated rings. The zero-order valence-corrected chi connectivity index (χ0v) is 18.1. The minimum atomic E-state index is -0.176. The molecule has 2 aromatic rings. The third kappa shape index (κ3) is 3.96. The van der Waals surface area contributed by atoms with Gasteiger partial charge in [0.2, 0.25) is 0 Å². The maximum atomic E-state index is 13.8. The molecule has 164 valence electrons. The van der Waals surface area contributed by atoms with E-state index in [-0.39, 0.29) is 17.5 Å².